The molecule has 2 atom stereocenters. The van der Waals surface area contributed by atoms with E-state index < -0.39 is 0 Å². The van der Waals surface area contributed by atoms with Crippen molar-refractivity contribution in [3.8, 4) is 0 Å². The monoisotopic (exact) mass is 360 g/mol. The molecule has 2 aliphatic heterocycles. The maximum atomic E-state index is 12.4. The van der Waals surface area contributed by atoms with Gasteiger partial charge in [-0.15, -0.1) is 0 Å². The molecule has 138 valence electrons. The molecule has 4 heterocycles. The third kappa shape index (κ3) is 2.94. The summed E-state index contributed by atoms with van der Waals surface area (Å²) < 4.78 is 8.06. The molecule has 0 amide bonds. The minimum Gasteiger partial charge on any atom is -0.460 e. The van der Waals surface area contributed by atoms with Crippen molar-refractivity contribution < 1.29 is 4.42 Å². The van der Waals surface area contributed by atoms with E-state index in [9.17, 15) is 4.79 Å². The van der Waals surface area contributed by atoms with Crippen molar-refractivity contribution in [2.75, 3.05) is 13.1 Å². The second-order valence-corrected chi connectivity index (χ2v) is 7.87. The summed E-state index contributed by atoms with van der Waals surface area (Å²) in [6, 6.07) is 14.0. The lowest BCUT2D eigenvalue weighted by atomic mass is 9.81. The van der Waals surface area contributed by atoms with Gasteiger partial charge in [0.2, 0.25) is 0 Å². The molecule has 1 saturated heterocycles. The number of pyridine rings is 1. The predicted octanol–water partition coefficient (Wildman–Crippen LogP) is 4.25. The Kier molecular flexibility index (Phi) is 4.01. The fourth-order valence-corrected chi connectivity index (χ4v) is 4.93. The van der Waals surface area contributed by atoms with Crippen LogP contribution in [0.4, 0.5) is 0 Å². The van der Waals surface area contributed by atoms with Gasteiger partial charge in [0, 0.05) is 42.7 Å². The van der Waals surface area contributed by atoms with Crippen molar-refractivity contribution in [3.63, 3.8) is 0 Å². The van der Waals surface area contributed by atoms with Crippen LogP contribution in [0.25, 0.3) is 17.0 Å². The maximum Gasteiger partial charge on any atom is 0.250 e. The van der Waals surface area contributed by atoms with Gasteiger partial charge in [-0.2, -0.15) is 0 Å². The molecule has 0 aliphatic carbocycles. The number of furan rings is 1. The van der Waals surface area contributed by atoms with Crippen LogP contribution in [-0.2, 0) is 13.1 Å². The summed E-state index contributed by atoms with van der Waals surface area (Å²) >= 11 is 0. The number of piperidine rings is 1. The van der Waals surface area contributed by atoms with Gasteiger partial charge in [-0.05, 0) is 43.0 Å². The number of benzene rings is 1. The lowest BCUT2D eigenvalue weighted by molar-refractivity contribution is 0.108. The SMILES string of the molecule is CC=Cc1ccc(=O)n2c1C1CC(CN(Cc3cc4ccccc4o3)C1)C2. The molecule has 27 heavy (non-hydrogen) atoms. The summed E-state index contributed by atoms with van der Waals surface area (Å²) in [4.78, 5) is 14.9. The van der Waals surface area contributed by atoms with Crippen LogP contribution in [0.15, 0.2) is 57.8 Å². The predicted molar refractivity (Wildman–Crippen MR) is 108 cm³/mol. The topological polar surface area (TPSA) is 38.4 Å². The molecule has 0 spiro atoms. The van der Waals surface area contributed by atoms with Crippen molar-refractivity contribution >= 4 is 17.0 Å². The lowest BCUT2D eigenvalue weighted by Gasteiger charge is -2.43. The normalized spacial score (nSPS) is 22.4. The standard InChI is InChI=1S/C23H24N2O2/c1-2-5-17-8-9-22(26)25-13-16-10-19(23(17)25)14-24(12-16)15-20-11-18-6-3-4-7-21(18)27-20/h2-9,11,16,19H,10,12-15H2,1H3. The van der Waals surface area contributed by atoms with Crippen LogP contribution in [0.1, 0.15) is 36.3 Å². The molecule has 0 saturated carbocycles. The molecule has 2 bridgehead atoms. The molecular weight excluding hydrogens is 336 g/mol. The summed E-state index contributed by atoms with van der Waals surface area (Å²) in [5.41, 5.74) is 3.49. The molecule has 1 aromatic carbocycles. The third-order valence-electron chi connectivity index (χ3n) is 5.90. The van der Waals surface area contributed by atoms with Gasteiger partial charge in [-0.3, -0.25) is 9.69 Å². The van der Waals surface area contributed by atoms with Gasteiger partial charge in [0.1, 0.15) is 11.3 Å². The first kappa shape index (κ1) is 16.6. The average molecular weight is 360 g/mol. The fraction of sp³-hybridized carbons (Fsp3) is 0.348. The van der Waals surface area contributed by atoms with Gasteiger partial charge < -0.3 is 8.98 Å². The Morgan fingerprint density at radius 2 is 2.04 bits per heavy atom. The number of hydrogen-bond donors (Lipinski definition) is 0. The van der Waals surface area contributed by atoms with Crippen molar-refractivity contribution in [2.24, 2.45) is 5.92 Å². The third-order valence-corrected chi connectivity index (χ3v) is 5.90. The van der Waals surface area contributed by atoms with Crippen molar-refractivity contribution in [1.29, 1.82) is 0 Å². The summed E-state index contributed by atoms with van der Waals surface area (Å²) in [5.74, 6) is 1.96. The van der Waals surface area contributed by atoms with E-state index in [2.05, 4.69) is 29.2 Å². The number of para-hydroxylation sites is 1. The summed E-state index contributed by atoms with van der Waals surface area (Å²) in [6.45, 7) is 5.68. The summed E-state index contributed by atoms with van der Waals surface area (Å²) in [5, 5.41) is 1.16. The van der Waals surface area contributed by atoms with E-state index in [1.807, 2.05) is 35.8 Å². The molecule has 2 aliphatic rings. The quantitative estimate of drug-likeness (QED) is 0.701. The van der Waals surface area contributed by atoms with E-state index >= 15 is 0 Å². The summed E-state index contributed by atoms with van der Waals surface area (Å²) in [7, 11) is 0. The van der Waals surface area contributed by atoms with Crippen LogP contribution in [0, 0.1) is 5.92 Å². The van der Waals surface area contributed by atoms with Gasteiger partial charge in [0.25, 0.3) is 5.56 Å². The molecule has 0 radical (unpaired) electrons. The van der Waals surface area contributed by atoms with Crippen molar-refractivity contribution in [2.45, 2.75) is 32.4 Å². The Morgan fingerprint density at radius 1 is 1.15 bits per heavy atom. The fourth-order valence-electron chi connectivity index (χ4n) is 4.93. The smallest absolute Gasteiger partial charge is 0.250 e. The second kappa shape index (κ2) is 6.54. The Bertz CT molecular complexity index is 1040. The minimum absolute atomic E-state index is 0.138. The lowest BCUT2D eigenvalue weighted by Crippen LogP contribution is -2.47. The minimum atomic E-state index is 0.138. The highest BCUT2D eigenvalue weighted by molar-refractivity contribution is 5.77. The first-order valence-corrected chi connectivity index (χ1v) is 9.77. The first-order chi connectivity index (χ1) is 13.2. The second-order valence-electron chi connectivity index (χ2n) is 7.87. The zero-order valence-electron chi connectivity index (χ0n) is 15.6. The number of nitrogens with zero attached hydrogens (tertiary/aromatic N) is 2. The number of allylic oxidation sites excluding steroid dienone is 1. The van der Waals surface area contributed by atoms with Crippen LogP contribution in [0.3, 0.4) is 0 Å². The summed E-state index contributed by atoms with van der Waals surface area (Å²) in [6.07, 6.45) is 5.36. The molecule has 2 aromatic heterocycles. The molecule has 5 rings (SSSR count). The van der Waals surface area contributed by atoms with E-state index in [-0.39, 0.29) is 5.56 Å². The van der Waals surface area contributed by atoms with Crippen LogP contribution in [-0.4, -0.2) is 22.6 Å². The number of hydrogen-bond acceptors (Lipinski definition) is 3. The molecule has 2 unspecified atom stereocenters. The highest BCUT2D eigenvalue weighted by Crippen LogP contribution is 2.37. The zero-order valence-corrected chi connectivity index (χ0v) is 15.6. The number of fused-ring (bicyclic) bond motifs is 5. The Morgan fingerprint density at radius 3 is 2.89 bits per heavy atom. The van der Waals surface area contributed by atoms with Crippen LogP contribution in [0.5, 0.6) is 0 Å². The van der Waals surface area contributed by atoms with Crippen LogP contribution < -0.4 is 5.56 Å². The van der Waals surface area contributed by atoms with Gasteiger partial charge >= 0.3 is 0 Å². The highest BCUT2D eigenvalue weighted by Gasteiger charge is 2.35. The number of likely N-dealkylation sites (tertiary alicyclic amines) is 1. The van der Waals surface area contributed by atoms with Crippen molar-refractivity contribution in [3.05, 3.63) is 75.9 Å². The van der Waals surface area contributed by atoms with E-state index in [0.717, 1.165) is 42.9 Å². The van der Waals surface area contributed by atoms with Gasteiger partial charge in [0.15, 0.2) is 0 Å². The van der Waals surface area contributed by atoms with Crippen LogP contribution >= 0.6 is 0 Å². The average Bonchev–Trinajstić information content (AvgIpc) is 3.06. The highest BCUT2D eigenvalue weighted by atomic mass is 16.3. The van der Waals surface area contributed by atoms with E-state index in [1.165, 1.54) is 17.7 Å². The maximum absolute atomic E-state index is 12.4. The largest absolute Gasteiger partial charge is 0.460 e. The van der Waals surface area contributed by atoms with E-state index in [4.69, 9.17) is 4.42 Å². The van der Waals surface area contributed by atoms with E-state index in [1.54, 1.807) is 6.07 Å². The molecule has 0 N–H and O–H groups in total. The molecule has 4 heteroatoms. The van der Waals surface area contributed by atoms with Gasteiger partial charge in [-0.25, -0.2) is 0 Å². The molecule has 1 fully saturated rings. The Labute approximate surface area is 158 Å². The first-order valence-electron chi connectivity index (χ1n) is 9.77. The molecule has 4 nitrogen and oxygen atoms in total. The number of aromatic nitrogens is 1. The zero-order chi connectivity index (χ0) is 18.4. The number of rotatable bonds is 3. The molecule has 3 aromatic rings. The van der Waals surface area contributed by atoms with Crippen molar-refractivity contribution in [1.82, 2.24) is 9.47 Å². The van der Waals surface area contributed by atoms with Gasteiger partial charge in [-0.1, -0.05) is 30.4 Å². The van der Waals surface area contributed by atoms with Crippen LogP contribution in [0.2, 0.25) is 0 Å². The Balaban J connectivity index is 1.45. The molecular formula is C23H24N2O2. The Hall–Kier alpha value is -2.59. The van der Waals surface area contributed by atoms with Gasteiger partial charge in [0.05, 0.1) is 6.54 Å². The van der Waals surface area contributed by atoms with E-state index in [0.29, 0.717) is 11.8 Å².